The highest BCUT2D eigenvalue weighted by Gasteiger charge is 2.21. The standard InChI is InChI=1S/C20H23N5O2S/c1-12-9-10-18(27-5)16(11-12)21-19(26)15(4)28-20-22-23-24-25(20)17-8-6-7-13(2)14(17)3/h6-11,15H,1-5H3,(H,21,26). The number of aromatic nitrogens is 4. The van der Waals surface area contributed by atoms with Gasteiger partial charge in [-0.05, 0) is 73.0 Å². The van der Waals surface area contributed by atoms with Crippen molar-refractivity contribution in [3.8, 4) is 11.4 Å². The van der Waals surface area contributed by atoms with Crippen LogP contribution in [0.3, 0.4) is 0 Å². The molecular weight excluding hydrogens is 374 g/mol. The molecular formula is C20H23N5O2S. The Hall–Kier alpha value is -2.87. The molecule has 1 aromatic heterocycles. The van der Waals surface area contributed by atoms with Gasteiger partial charge in [0, 0.05) is 0 Å². The first-order valence-electron chi connectivity index (χ1n) is 8.88. The molecule has 1 unspecified atom stereocenters. The summed E-state index contributed by atoms with van der Waals surface area (Å²) >= 11 is 1.31. The van der Waals surface area contributed by atoms with E-state index in [0.717, 1.165) is 22.4 Å². The van der Waals surface area contributed by atoms with Crippen molar-refractivity contribution >= 4 is 23.4 Å². The lowest BCUT2D eigenvalue weighted by molar-refractivity contribution is -0.115. The molecule has 3 aromatic rings. The van der Waals surface area contributed by atoms with Crippen LogP contribution in [0.4, 0.5) is 5.69 Å². The summed E-state index contributed by atoms with van der Waals surface area (Å²) in [6.45, 7) is 7.86. The Bertz CT molecular complexity index is 1000. The predicted octanol–water partition coefficient (Wildman–Crippen LogP) is 3.72. The Kier molecular flexibility index (Phi) is 5.99. The van der Waals surface area contributed by atoms with Crippen LogP contribution >= 0.6 is 11.8 Å². The van der Waals surface area contributed by atoms with Gasteiger partial charge >= 0.3 is 0 Å². The minimum atomic E-state index is -0.403. The molecule has 0 aliphatic heterocycles. The molecule has 1 N–H and O–H groups in total. The van der Waals surface area contributed by atoms with E-state index >= 15 is 0 Å². The lowest BCUT2D eigenvalue weighted by Crippen LogP contribution is -2.23. The van der Waals surface area contributed by atoms with E-state index < -0.39 is 5.25 Å². The molecule has 0 aliphatic carbocycles. The van der Waals surface area contributed by atoms with Crippen LogP contribution in [0.5, 0.6) is 5.75 Å². The molecule has 0 radical (unpaired) electrons. The average Bonchev–Trinajstić information content (AvgIpc) is 3.12. The van der Waals surface area contributed by atoms with Gasteiger partial charge < -0.3 is 10.1 Å². The van der Waals surface area contributed by atoms with Crippen molar-refractivity contribution in [2.75, 3.05) is 12.4 Å². The van der Waals surface area contributed by atoms with E-state index in [2.05, 4.69) is 20.8 Å². The number of carbonyl (C=O) groups excluding carboxylic acids is 1. The number of ether oxygens (including phenoxy) is 1. The molecule has 0 fully saturated rings. The Balaban J connectivity index is 1.78. The fourth-order valence-electron chi connectivity index (χ4n) is 2.73. The summed E-state index contributed by atoms with van der Waals surface area (Å²) in [6.07, 6.45) is 0. The number of anilines is 1. The SMILES string of the molecule is COc1ccc(C)cc1NC(=O)C(C)Sc1nnnn1-c1cccc(C)c1C. The molecule has 0 spiro atoms. The van der Waals surface area contributed by atoms with Gasteiger partial charge in [0.1, 0.15) is 5.75 Å². The van der Waals surface area contributed by atoms with E-state index in [1.807, 2.05) is 64.1 Å². The fourth-order valence-corrected chi connectivity index (χ4v) is 3.53. The lowest BCUT2D eigenvalue weighted by Gasteiger charge is -2.15. The van der Waals surface area contributed by atoms with E-state index in [9.17, 15) is 4.79 Å². The van der Waals surface area contributed by atoms with Gasteiger partial charge in [0.05, 0.1) is 23.7 Å². The quantitative estimate of drug-likeness (QED) is 0.639. The number of carbonyl (C=O) groups is 1. The summed E-state index contributed by atoms with van der Waals surface area (Å²) in [7, 11) is 1.58. The minimum absolute atomic E-state index is 0.149. The summed E-state index contributed by atoms with van der Waals surface area (Å²) in [6, 6.07) is 11.6. The maximum absolute atomic E-state index is 12.7. The number of amides is 1. The molecule has 146 valence electrons. The monoisotopic (exact) mass is 397 g/mol. The van der Waals surface area contributed by atoms with Crippen molar-refractivity contribution in [2.24, 2.45) is 0 Å². The number of nitrogens with one attached hydrogen (secondary N) is 1. The maximum atomic E-state index is 12.7. The van der Waals surface area contributed by atoms with Crippen molar-refractivity contribution in [1.29, 1.82) is 0 Å². The molecule has 2 aromatic carbocycles. The van der Waals surface area contributed by atoms with Crippen LogP contribution in [0.25, 0.3) is 5.69 Å². The maximum Gasteiger partial charge on any atom is 0.237 e. The summed E-state index contributed by atoms with van der Waals surface area (Å²) < 4.78 is 7.00. The lowest BCUT2D eigenvalue weighted by atomic mass is 10.1. The second kappa shape index (κ2) is 8.43. The molecule has 0 bridgehead atoms. The highest BCUT2D eigenvalue weighted by molar-refractivity contribution is 8.00. The van der Waals surface area contributed by atoms with Crippen LogP contribution < -0.4 is 10.1 Å². The number of thioether (sulfide) groups is 1. The first-order valence-corrected chi connectivity index (χ1v) is 9.75. The third-order valence-electron chi connectivity index (χ3n) is 4.51. The molecule has 1 heterocycles. The Morgan fingerprint density at radius 3 is 2.75 bits per heavy atom. The van der Waals surface area contributed by atoms with Gasteiger partial charge in [-0.25, -0.2) is 0 Å². The van der Waals surface area contributed by atoms with Gasteiger partial charge in [0.2, 0.25) is 11.1 Å². The topological polar surface area (TPSA) is 81.9 Å². The van der Waals surface area contributed by atoms with E-state index in [1.54, 1.807) is 11.8 Å². The van der Waals surface area contributed by atoms with Crippen LogP contribution in [0.15, 0.2) is 41.6 Å². The van der Waals surface area contributed by atoms with Crippen molar-refractivity contribution in [1.82, 2.24) is 20.2 Å². The Morgan fingerprint density at radius 2 is 2.00 bits per heavy atom. The number of hydrogen-bond donors (Lipinski definition) is 1. The molecule has 0 aliphatic rings. The second-order valence-corrected chi connectivity index (χ2v) is 7.85. The summed E-state index contributed by atoms with van der Waals surface area (Å²) in [5.41, 5.74) is 4.84. The van der Waals surface area contributed by atoms with Gasteiger partial charge in [-0.15, -0.1) is 5.10 Å². The minimum Gasteiger partial charge on any atom is -0.495 e. The van der Waals surface area contributed by atoms with Crippen LogP contribution in [0.1, 0.15) is 23.6 Å². The predicted molar refractivity (Wildman–Crippen MR) is 110 cm³/mol. The van der Waals surface area contributed by atoms with Crippen LogP contribution in [0, 0.1) is 20.8 Å². The number of methoxy groups -OCH3 is 1. The summed E-state index contributed by atoms with van der Waals surface area (Å²) in [4.78, 5) is 12.7. The number of nitrogens with zero attached hydrogens (tertiary/aromatic N) is 4. The van der Waals surface area contributed by atoms with Gasteiger partial charge in [0.25, 0.3) is 0 Å². The molecule has 0 saturated heterocycles. The van der Waals surface area contributed by atoms with Gasteiger partial charge in [-0.3, -0.25) is 4.79 Å². The van der Waals surface area contributed by atoms with E-state index in [-0.39, 0.29) is 5.91 Å². The first kappa shape index (κ1) is 19.9. The third kappa shape index (κ3) is 4.17. The number of aryl methyl sites for hydroxylation is 2. The highest BCUT2D eigenvalue weighted by Crippen LogP contribution is 2.29. The zero-order valence-electron chi connectivity index (χ0n) is 16.6. The average molecular weight is 398 g/mol. The number of tetrazole rings is 1. The van der Waals surface area contributed by atoms with Crippen molar-refractivity contribution in [2.45, 2.75) is 38.1 Å². The molecule has 1 amide bonds. The Morgan fingerprint density at radius 1 is 1.21 bits per heavy atom. The molecule has 3 rings (SSSR count). The van der Waals surface area contributed by atoms with E-state index in [1.165, 1.54) is 11.8 Å². The highest BCUT2D eigenvalue weighted by atomic mass is 32.2. The third-order valence-corrected chi connectivity index (χ3v) is 5.54. The van der Waals surface area contributed by atoms with E-state index in [0.29, 0.717) is 16.6 Å². The zero-order chi connectivity index (χ0) is 20.3. The second-order valence-electron chi connectivity index (χ2n) is 6.55. The number of benzene rings is 2. The number of rotatable bonds is 6. The van der Waals surface area contributed by atoms with Crippen LogP contribution in [-0.2, 0) is 4.79 Å². The van der Waals surface area contributed by atoms with Gasteiger partial charge in [0.15, 0.2) is 0 Å². The molecule has 7 nitrogen and oxygen atoms in total. The Labute approximate surface area is 168 Å². The molecule has 28 heavy (non-hydrogen) atoms. The summed E-state index contributed by atoms with van der Waals surface area (Å²) in [5.74, 6) is 0.473. The van der Waals surface area contributed by atoms with Crippen molar-refractivity contribution in [3.05, 3.63) is 53.1 Å². The summed E-state index contributed by atoms with van der Waals surface area (Å²) in [5, 5.41) is 15.1. The normalized spacial score (nSPS) is 11.9. The van der Waals surface area contributed by atoms with Gasteiger partial charge in [-0.2, -0.15) is 4.68 Å². The van der Waals surface area contributed by atoms with Crippen LogP contribution in [-0.4, -0.2) is 38.5 Å². The van der Waals surface area contributed by atoms with Gasteiger partial charge in [-0.1, -0.05) is 30.0 Å². The van der Waals surface area contributed by atoms with Crippen LogP contribution in [0.2, 0.25) is 0 Å². The van der Waals surface area contributed by atoms with E-state index in [4.69, 9.17) is 4.74 Å². The molecule has 0 saturated carbocycles. The molecule has 1 atom stereocenters. The fraction of sp³-hybridized carbons (Fsp3) is 0.300. The smallest absolute Gasteiger partial charge is 0.237 e. The largest absolute Gasteiger partial charge is 0.495 e. The van der Waals surface area contributed by atoms with Crippen molar-refractivity contribution in [3.63, 3.8) is 0 Å². The zero-order valence-corrected chi connectivity index (χ0v) is 17.4. The number of hydrogen-bond acceptors (Lipinski definition) is 6. The first-order chi connectivity index (χ1) is 13.4. The molecule has 8 heteroatoms. The van der Waals surface area contributed by atoms with Crippen molar-refractivity contribution < 1.29 is 9.53 Å².